The van der Waals surface area contributed by atoms with E-state index in [0.717, 1.165) is 11.1 Å². The third kappa shape index (κ3) is 5.56. The molecule has 23 heavy (non-hydrogen) atoms. The van der Waals surface area contributed by atoms with Gasteiger partial charge in [-0.1, -0.05) is 42.5 Å². The van der Waals surface area contributed by atoms with Gasteiger partial charge in [-0.2, -0.15) is 0 Å². The predicted molar refractivity (Wildman–Crippen MR) is 85.7 cm³/mol. The van der Waals surface area contributed by atoms with Gasteiger partial charge in [0.2, 0.25) is 0 Å². The number of nitrogens with one attached hydrogen (secondary N) is 1. The second kappa shape index (κ2) is 8.70. The van der Waals surface area contributed by atoms with E-state index in [1.165, 1.54) is 0 Å². The van der Waals surface area contributed by atoms with Crippen molar-refractivity contribution in [2.45, 2.75) is 13.2 Å². The molecule has 0 aliphatic carbocycles. The Hall–Kier alpha value is -2.66. The van der Waals surface area contributed by atoms with Crippen molar-refractivity contribution >= 4 is 11.9 Å². The van der Waals surface area contributed by atoms with Gasteiger partial charge >= 0.3 is 5.97 Å². The summed E-state index contributed by atoms with van der Waals surface area (Å²) in [7, 11) is 1.61. The monoisotopic (exact) mass is 313 g/mol. The van der Waals surface area contributed by atoms with Crippen LogP contribution in [0.4, 0.5) is 0 Å². The molecule has 0 saturated carbocycles. The number of hydrogen-bond donors (Lipinski definition) is 1. The zero-order chi connectivity index (χ0) is 16.5. The number of hydrogen-bond acceptors (Lipinski definition) is 4. The molecule has 120 valence electrons. The molecule has 0 heterocycles. The van der Waals surface area contributed by atoms with Gasteiger partial charge in [-0.15, -0.1) is 0 Å². The van der Waals surface area contributed by atoms with E-state index in [-0.39, 0.29) is 12.5 Å². The molecule has 0 saturated heterocycles. The number of rotatable bonds is 7. The summed E-state index contributed by atoms with van der Waals surface area (Å²) in [5.74, 6) is -0.859. The van der Waals surface area contributed by atoms with Crippen LogP contribution in [0.15, 0.2) is 54.6 Å². The van der Waals surface area contributed by atoms with Crippen molar-refractivity contribution in [3.8, 4) is 0 Å². The lowest BCUT2D eigenvalue weighted by molar-refractivity contribution is -0.124. The van der Waals surface area contributed by atoms with Crippen molar-refractivity contribution in [3.63, 3.8) is 0 Å². The molecular formula is C18H19NO4. The first-order valence-corrected chi connectivity index (χ1v) is 7.24. The number of methoxy groups -OCH3 is 1. The molecule has 0 aliphatic rings. The van der Waals surface area contributed by atoms with Crippen molar-refractivity contribution in [1.29, 1.82) is 0 Å². The lowest BCUT2D eigenvalue weighted by atomic mass is 10.1. The second-order valence-corrected chi connectivity index (χ2v) is 4.97. The van der Waals surface area contributed by atoms with Crippen LogP contribution < -0.4 is 5.32 Å². The largest absolute Gasteiger partial charge is 0.452 e. The van der Waals surface area contributed by atoms with Crippen molar-refractivity contribution in [2.75, 3.05) is 13.7 Å². The van der Waals surface area contributed by atoms with Crippen LogP contribution in [-0.2, 0) is 27.4 Å². The van der Waals surface area contributed by atoms with Crippen LogP contribution in [0.25, 0.3) is 0 Å². The fourth-order valence-electron chi connectivity index (χ4n) is 1.97. The number of carbonyl (C=O) groups is 2. The Labute approximate surface area is 135 Å². The summed E-state index contributed by atoms with van der Waals surface area (Å²) in [6.45, 7) is 0.589. The average molecular weight is 313 g/mol. The van der Waals surface area contributed by atoms with Gasteiger partial charge in [0.25, 0.3) is 5.91 Å². The van der Waals surface area contributed by atoms with Crippen molar-refractivity contribution in [2.24, 2.45) is 0 Å². The maximum Gasteiger partial charge on any atom is 0.338 e. The molecule has 0 spiro atoms. The standard InChI is InChI=1S/C18H19NO4/c1-22-12-15-7-9-16(10-8-15)18(21)23-13-17(20)19-11-14-5-3-2-4-6-14/h2-10H,11-13H2,1H3,(H,19,20). The first-order chi connectivity index (χ1) is 11.2. The highest BCUT2D eigenvalue weighted by molar-refractivity contribution is 5.91. The molecule has 5 nitrogen and oxygen atoms in total. The molecule has 0 radical (unpaired) electrons. The molecular weight excluding hydrogens is 294 g/mol. The Bertz CT molecular complexity index is 638. The summed E-state index contributed by atoms with van der Waals surface area (Å²) in [6, 6.07) is 16.4. The molecule has 0 aliphatic heterocycles. The minimum Gasteiger partial charge on any atom is -0.452 e. The molecule has 1 N–H and O–H groups in total. The number of carbonyl (C=O) groups excluding carboxylic acids is 2. The minimum atomic E-state index is -0.524. The highest BCUT2D eigenvalue weighted by atomic mass is 16.5. The lowest BCUT2D eigenvalue weighted by Crippen LogP contribution is -2.28. The van der Waals surface area contributed by atoms with Crippen LogP contribution in [0.1, 0.15) is 21.5 Å². The van der Waals surface area contributed by atoms with Crippen LogP contribution in [0.5, 0.6) is 0 Å². The third-order valence-electron chi connectivity index (χ3n) is 3.17. The maximum absolute atomic E-state index is 11.9. The highest BCUT2D eigenvalue weighted by Gasteiger charge is 2.10. The van der Waals surface area contributed by atoms with Gasteiger partial charge in [0, 0.05) is 13.7 Å². The van der Waals surface area contributed by atoms with Gasteiger partial charge in [-0.25, -0.2) is 4.79 Å². The Morgan fingerprint density at radius 3 is 2.30 bits per heavy atom. The van der Waals surface area contributed by atoms with Crippen LogP contribution >= 0.6 is 0 Å². The smallest absolute Gasteiger partial charge is 0.338 e. The highest BCUT2D eigenvalue weighted by Crippen LogP contribution is 2.07. The second-order valence-electron chi connectivity index (χ2n) is 4.97. The number of esters is 1. The van der Waals surface area contributed by atoms with Crippen LogP contribution in [0.3, 0.4) is 0 Å². The van der Waals surface area contributed by atoms with E-state index in [0.29, 0.717) is 18.7 Å². The van der Waals surface area contributed by atoms with E-state index < -0.39 is 5.97 Å². The predicted octanol–water partition coefficient (Wildman–Crippen LogP) is 2.31. The first kappa shape index (κ1) is 16.7. The summed E-state index contributed by atoms with van der Waals surface area (Å²) < 4.78 is 10.00. The molecule has 0 fully saturated rings. The van der Waals surface area contributed by atoms with Gasteiger partial charge in [0.15, 0.2) is 6.61 Å². The summed E-state index contributed by atoms with van der Waals surface area (Å²) in [4.78, 5) is 23.5. The summed E-state index contributed by atoms with van der Waals surface area (Å²) in [5, 5.41) is 2.70. The molecule has 0 aromatic heterocycles. The number of ether oxygens (including phenoxy) is 2. The maximum atomic E-state index is 11.9. The number of amides is 1. The van der Waals surface area contributed by atoms with Gasteiger partial charge in [-0.05, 0) is 23.3 Å². The van der Waals surface area contributed by atoms with E-state index in [1.807, 2.05) is 30.3 Å². The van der Waals surface area contributed by atoms with Crippen molar-refractivity contribution in [1.82, 2.24) is 5.32 Å². The number of benzene rings is 2. The Morgan fingerprint density at radius 1 is 0.957 bits per heavy atom. The van der Waals surface area contributed by atoms with Gasteiger partial charge in [-0.3, -0.25) is 4.79 Å². The zero-order valence-corrected chi connectivity index (χ0v) is 13.0. The third-order valence-corrected chi connectivity index (χ3v) is 3.17. The molecule has 2 aromatic carbocycles. The molecule has 2 aromatic rings. The normalized spacial score (nSPS) is 10.1. The van der Waals surface area contributed by atoms with Gasteiger partial charge in [0.1, 0.15) is 0 Å². The van der Waals surface area contributed by atoms with Crippen LogP contribution in [-0.4, -0.2) is 25.6 Å². The molecule has 1 amide bonds. The topological polar surface area (TPSA) is 64.6 Å². The Balaban J connectivity index is 1.76. The Kier molecular flexibility index (Phi) is 6.32. The average Bonchev–Trinajstić information content (AvgIpc) is 2.59. The molecule has 0 atom stereocenters. The molecule has 2 rings (SSSR count). The van der Waals surface area contributed by atoms with Crippen LogP contribution in [0, 0.1) is 0 Å². The fraction of sp³-hybridized carbons (Fsp3) is 0.222. The van der Waals surface area contributed by atoms with Crippen molar-refractivity contribution in [3.05, 3.63) is 71.3 Å². The first-order valence-electron chi connectivity index (χ1n) is 7.24. The zero-order valence-electron chi connectivity index (χ0n) is 13.0. The fourth-order valence-corrected chi connectivity index (χ4v) is 1.97. The van der Waals surface area contributed by atoms with E-state index in [9.17, 15) is 9.59 Å². The molecule has 5 heteroatoms. The lowest BCUT2D eigenvalue weighted by Gasteiger charge is -2.07. The van der Waals surface area contributed by atoms with E-state index in [1.54, 1.807) is 31.4 Å². The quantitative estimate of drug-likeness (QED) is 0.797. The minimum absolute atomic E-state index is 0.300. The van der Waals surface area contributed by atoms with Gasteiger partial charge in [0.05, 0.1) is 12.2 Å². The Morgan fingerprint density at radius 2 is 1.65 bits per heavy atom. The summed E-state index contributed by atoms with van der Waals surface area (Å²) in [5.41, 5.74) is 2.35. The summed E-state index contributed by atoms with van der Waals surface area (Å²) >= 11 is 0. The van der Waals surface area contributed by atoms with Crippen molar-refractivity contribution < 1.29 is 19.1 Å². The summed E-state index contributed by atoms with van der Waals surface area (Å²) in [6.07, 6.45) is 0. The SMILES string of the molecule is COCc1ccc(C(=O)OCC(=O)NCc2ccccc2)cc1. The molecule has 0 bridgehead atoms. The van der Waals surface area contributed by atoms with Gasteiger partial charge < -0.3 is 14.8 Å². The van der Waals surface area contributed by atoms with E-state index in [4.69, 9.17) is 9.47 Å². The van der Waals surface area contributed by atoms with E-state index >= 15 is 0 Å². The van der Waals surface area contributed by atoms with Crippen LogP contribution in [0.2, 0.25) is 0 Å². The van der Waals surface area contributed by atoms with E-state index in [2.05, 4.69) is 5.32 Å². The molecule has 0 unspecified atom stereocenters.